The predicted molar refractivity (Wildman–Crippen MR) is 132 cm³/mol. The van der Waals surface area contributed by atoms with Crippen LogP contribution < -0.4 is 11.5 Å². The maximum atomic E-state index is 14.0. The molecule has 0 atom stereocenters. The molecule has 1 saturated carbocycles. The fourth-order valence-corrected chi connectivity index (χ4v) is 3.52. The molecule has 5 N–H and O–H groups in total. The minimum atomic E-state index is -0.821. The first-order valence-corrected chi connectivity index (χ1v) is 11.3. The van der Waals surface area contributed by atoms with Gasteiger partial charge in [0.1, 0.15) is 29.7 Å². The zero-order chi connectivity index (χ0) is 25.6. The number of amidine groups is 1. The van der Waals surface area contributed by atoms with Gasteiger partial charge in [0.25, 0.3) is 0 Å². The first-order valence-electron chi connectivity index (χ1n) is 11.0. The number of allylic oxidation sites excluding steroid dienone is 3. The molecule has 2 aromatic rings. The third-order valence-electron chi connectivity index (χ3n) is 5.57. The smallest absolute Gasteiger partial charge is 0.151 e. The second-order valence-electron chi connectivity index (χ2n) is 8.47. The molecule has 0 aliphatic heterocycles. The Hall–Kier alpha value is -3.30. The summed E-state index contributed by atoms with van der Waals surface area (Å²) >= 11 is 6.67. The third kappa shape index (κ3) is 6.86. The van der Waals surface area contributed by atoms with Gasteiger partial charge in [-0.1, -0.05) is 17.7 Å². The molecule has 0 radical (unpaired) electrons. The number of aromatic nitrogens is 2. The molecule has 0 amide bonds. The number of rotatable bonds is 10. The van der Waals surface area contributed by atoms with Crippen molar-refractivity contribution in [2.75, 3.05) is 6.61 Å². The first-order chi connectivity index (χ1) is 16.6. The molecule has 0 aromatic carbocycles. The molecule has 35 heavy (non-hydrogen) atoms. The molecule has 0 bridgehead atoms. The van der Waals surface area contributed by atoms with Crippen molar-refractivity contribution in [3.8, 4) is 0 Å². The van der Waals surface area contributed by atoms with Crippen LogP contribution in [0.1, 0.15) is 42.3 Å². The number of nitrogens with two attached hydrogens (primary N) is 2. The van der Waals surface area contributed by atoms with Crippen LogP contribution in [-0.4, -0.2) is 27.5 Å². The Bertz CT molecular complexity index is 1200. The van der Waals surface area contributed by atoms with Crippen molar-refractivity contribution in [1.82, 2.24) is 9.97 Å². The zero-order valence-corrected chi connectivity index (χ0v) is 20.3. The molecule has 186 valence electrons. The van der Waals surface area contributed by atoms with Gasteiger partial charge in [0.2, 0.25) is 0 Å². The Morgan fingerprint density at radius 3 is 2.63 bits per heavy atom. The van der Waals surface area contributed by atoms with Crippen LogP contribution in [0.15, 0.2) is 59.3 Å². The van der Waals surface area contributed by atoms with E-state index in [1.165, 1.54) is 6.08 Å². The van der Waals surface area contributed by atoms with Crippen LogP contribution in [-0.2, 0) is 17.8 Å². The summed E-state index contributed by atoms with van der Waals surface area (Å²) in [7, 11) is 0. The van der Waals surface area contributed by atoms with Gasteiger partial charge in [-0.05, 0) is 38.3 Å². The lowest BCUT2D eigenvalue weighted by atomic mass is 10.1. The van der Waals surface area contributed by atoms with E-state index in [4.69, 9.17) is 27.8 Å². The van der Waals surface area contributed by atoms with Crippen LogP contribution in [0.2, 0.25) is 0 Å². The number of halogens is 3. The predicted octanol–water partition coefficient (Wildman–Crippen LogP) is 4.24. The first kappa shape index (κ1) is 26.3. The second kappa shape index (κ2) is 11.4. The number of aliphatic imine (C=N–C) groups is 1. The van der Waals surface area contributed by atoms with E-state index < -0.39 is 11.6 Å². The number of hydrogen-bond acceptors (Lipinski definition) is 6. The third-order valence-corrected chi connectivity index (χ3v) is 5.96. The minimum absolute atomic E-state index is 0.00509. The second-order valence-corrected chi connectivity index (χ2v) is 8.85. The van der Waals surface area contributed by atoms with E-state index in [9.17, 15) is 13.9 Å². The van der Waals surface area contributed by atoms with Crippen LogP contribution in [0.3, 0.4) is 0 Å². The van der Waals surface area contributed by atoms with Crippen LogP contribution in [0.25, 0.3) is 5.03 Å². The molecule has 7 nitrogen and oxygen atoms in total. The van der Waals surface area contributed by atoms with Crippen molar-refractivity contribution in [2.45, 2.75) is 39.7 Å². The average Bonchev–Trinajstić information content (AvgIpc) is 3.62. The number of nitrogens with zero attached hydrogens (tertiary/aromatic N) is 3. The largest absolute Gasteiger partial charge is 0.486 e. The van der Waals surface area contributed by atoms with E-state index in [0.717, 1.165) is 36.4 Å². The van der Waals surface area contributed by atoms with Gasteiger partial charge in [0, 0.05) is 47.9 Å². The van der Waals surface area contributed by atoms with Gasteiger partial charge in [0.15, 0.2) is 5.82 Å². The van der Waals surface area contributed by atoms with Crippen molar-refractivity contribution in [1.29, 1.82) is 0 Å². The quantitative estimate of drug-likeness (QED) is 0.193. The molecular weight excluding hydrogens is 476 g/mol. The summed E-state index contributed by atoms with van der Waals surface area (Å²) in [5.41, 5.74) is 14.0. The summed E-state index contributed by atoms with van der Waals surface area (Å²) < 4.78 is 32.8. The fourth-order valence-electron chi connectivity index (χ4n) is 3.21. The maximum absolute atomic E-state index is 14.0. The topological polar surface area (TPSA) is 120 Å². The summed E-state index contributed by atoms with van der Waals surface area (Å²) in [5.74, 6) is -0.958. The van der Waals surface area contributed by atoms with Gasteiger partial charge < -0.3 is 21.3 Å². The number of hydrogen-bond donors (Lipinski definition) is 3. The molecule has 3 rings (SSSR count). The summed E-state index contributed by atoms with van der Waals surface area (Å²) in [4.78, 5) is 12.4. The highest BCUT2D eigenvalue weighted by molar-refractivity contribution is 6.49. The normalized spacial score (nSPS) is 16.4. The van der Waals surface area contributed by atoms with Crippen LogP contribution in [0.4, 0.5) is 8.78 Å². The van der Waals surface area contributed by atoms with E-state index in [2.05, 4.69) is 15.0 Å². The SMILES string of the molecule is C/C(N)=C/C(OCc1ncc(F)cc1F)=C(/Cl)c1cc(C/C=C\N=C(N)C2(CO)CC2)ncc1C. The molecule has 1 aliphatic rings. The summed E-state index contributed by atoms with van der Waals surface area (Å²) in [5, 5.41) is 9.68. The Morgan fingerprint density at radius 2 is 2.00 bits per heavy atom. The van der Waals surface area contributed by atoms with Crippen molar-refractivity contribution in [3.63, 3.8) is 0 Å². The maximum Gasteiger partial charge on any atom is 0.151 e. The summed E-state index contributed by atoms with van der Waals surface area (Å²) in [6.45, 7) is 3.23. The van der Waals surface area contributed by atoms with Gasteiger partial charge in [-0.15, -0.1) is 0 Å². The molecule has 1 fully saturated rings. The zero-order valence-electron chi connectivity index (χ0n) is 19.6. The lowest BCUT2D eigenvalue weighted by Crippen LogP contribution is -2.27. The van der Waals surface area contributed by atoms with Gasteiger partial charge in [-0.3, -0.25) is 9.97 Å². The van der Waals surface area contributed by atoms with E-state index in [1.807, 2.05) is 19.1 Å². The summed E-state index contributed by atoms with van der Waals surface area (Å²) in [6.07, 6.45) is 9.67. The van der Waals surface area contributed by atoms with E-state index in [1.54, 1.807) is 19.3 Å². The molecule has 2 heterocycles. The highest BCUT2D eigenvalue weighted by Crippen LogP contribution is 2.45. The summed E-state index contributed by atoms with van der Waals surface area (Å²) in [6, 6.07) is 2.55. The Kier molecular flexibility index (Phi) is 8.58. The molecule has 0 saturated heterocycles. The Labute approximate surface area is 207 Å². The van der Waals surface area contributed by atoms with Gasteiger partial charge in [0.05, 0.1) is 23.3 Å². The molecule has 2 aromatic heterocycles. The van der Waals surface area contributed by atoms with E-state index >= 15 is 0 Å². The van der Waals surface area contributed by atoms with Gasteiger partial charge in [-0.2, -0.15) is 0 Å². The number of pyridine rings is 2. The number of ether oxygens (including phenoxy) is 1. The average molecular weight is 504 g/mol. The van der Waals surface area contributed by atoms with Crippen LogP contribution in [0, 0.1) is 24.0 Å². The number of aliphatic hydroxyl groups excluding tert-OH is 1. The highest BCUT2D eigenvalue weighted by Gasteiger charge is 2.45. The Morgan fingerprint density at radius 1 is 1.26 bits per heavy atom. The standard InChI is InChI=1S/C25H28ClF2N5O2/c1-15-11-32-18(4-3-7-31-24(30)25(14-34)5-6-25)10-19(15)23(26)22(8-16(2)29)35-13-21-20(28)9-17(27)12-33-21/h3,7-12,34H,4-6,13-14,29H2,1-2H3,(H2,30,31)/b7-3-,16-8-,23-22-. The minimum Gasteiger partial charge on any atom is -0.486 e. The van der Waals surface area contributed by atoms with E-state index in [-0.39, 0.29) is 35.1 Å². The van der Waals surface area contributed by atoms with E-state index in [0.29, 0.717) is 23.5 Å². The fraction of sp³-hybridized carbons (Fsp3) is 0.320. The van der Waals surface area contributed by atoms with Crippen molar-refractivity contribution in [2.24, 2.45) is 21.9 Å². The molecule has 1 aliphatic carbocycles. The van der Waals surface area contributed by atoms with Crippen molar-refractivity contribution >= 4 is 22.5 Å². The monoisotopic (exact) mass is 503 g/mol. The number of aryl methyl sites for hydroxylation is 1. The highest BCUT2D eigenvalue weighted by atomic mass is 35.5. The van der Waals surface area contributed by atoms with Crippen LogP contribution >= 0.6 is 11.6 Å². The lowest BCUT2D eigenvalue weighted by molar-refractivity contribution is 0.205. The van der Waals surface area contributed by atoms with Crippen molar-refractivity contribution < 1.29 is 18.6 Å². The lowest BCUT2D eigenvalue weighted by Gasteiger charge is -2.13. The Balaban J connectivity index is 1.81. The van der Waals surface area contributed by atoms with Gasteiger partial charge >= 0.3 is 0 Å². The van der Waals surface area contributed by atoms with Crippen molar-refractivity contribution in [3.05, 3.63) is 88.5 Å². The molecule has 10 heteroatoms. The van der Waals surface area contributed by atoms with Gasteiger partial charge in [-0.25, -0.2) is 13.8 Å². The number of aliphatic hydroxyl groups is 1. The molecular formula is C25H28ClF2N5O2. The molecule has 0 spiro atoms. The van der Waals surface area contributed by atoms with Crippen LogP contribution in [0.5, 0.6) is 0 Å². The molecule has 0 unspecified atom stereocenters.